The predicted molar refractivity (Wildman–Crippen MR) is 61.6 cm³/mol. The Bertz CT molecular complexity index is 335. The third-order valence-electron chi connectivity index (χ3n) is 2.45. The largest absolute Gasteiger partial charge is 0.480 e. The molecule has 88 valence electrons. The molecule has 1 heterocycles. The maximum absolute atomic E-state index is 11.8. The van der Waals surface area contributed by atoms with E-state index in [-0.39, 0.29) is 5.78 Å². The van der Waals surface area contributed by atoms with E-state index in [1.165, 1.54) is 7.11 Å². The molecule has 0 aliphatic heterocycles. The molecule has 1 unspecified atom stereocenters. The number of hydrogen-bond acceptors (Lipinski definition) is 4. The quantitative estimate of drug-likeness (QED) is 0.694. The van der Waals surface area contributed by atoms with Gasteiger partial charge in [-0.1, -0.05) is 26.7 Å². The molecule has 16 heavy (non-hydrogen) atoms. The van der Waals surface area contributed by atoms with E-state index in [9.17, 15) is 4.79 Å². The lowest BCUT2D eigenvalue weighted by molar-refractivity contribution is 0.0956. The average Bonchev–Trinajstić information content (AvgIpc) is 2.29. The van der Waals surface area contributed by atoms with Crippen molar-refractivity contribution in [3.8, 4) is 5.88 Å². The van der Waals surface area contributed by atoms with Crippen LogP contribution < -0.4 is 4.74 Å². The van der Waals surface area contributed by atoms with Gasteiger partial charge in [-0.2, -0.15) is 0 Å². The molecular formula is C12H18N2O2. The number of carbonyl (C=O) groups is 1. The number of rotatable bonds is 6. The van der Waals surface area contributed by atoms with Gasteiger partial charge in [-0.05, 0) is 12.0 Å². The number of methoxy groups -OCH3 is 1. The minimum atomic E-state index is 0.0519. The molecule has 4 nitrogen and oxygen atoms in total. The van der Waals surface area contributed by atoms with Gasteiger partial charge in [-0.15, -0.1) is 10.2 Å². The number of aromatic nitrogens is 2. The van der Waals surface area contributed by atoms with Crippen LogP contribution in [0.25, 0.3) is 0 Å². The number of nitrogens with zero attached hydrogens (tertiary/aromatic N) is 2. The molecule has 0 amide bonds. The van der Waals surface area contributed by atoms with Crippen molar-refractivity contribution < 1.29 is 9.53 Å². The van der Waals surface area contributed by atoms with Crippen LogP contribution in [0.5, 0.6) is 5.88 Å². The monoisotopic (exact) mass is 222 g/mol. The van der Waals surface area contributed by atoms with Crippen LogP contribution >= 0.6 is 0 Å². The lowest BCUT2D eigenvalue weighted by atomic mass is 9.98. The fourth-order valence-electron chi connectivity index (χ4n) is 1.59. The normalized spacial score (nSPS) is 12.2. The Balaban J connectivity index is 2.59. The van der Waals surface area contributed by atoms with Crippen LogP contribution in [0.2, 0.25) is 0 Å². The van der Waals surface area contributed by atoms with Crippen LogP contribution in [0.3, 0.4) is 0 Å². The van der Waals surface area contributed by atoms with Crippen molar-refractivity contribution >= 4 is 5.78 Å². The van der Waals surface area contributed by atoms with E-state index in [1.54, 1.807) is 12.1 Å². The van der Waals surface area contributed by atoms with Crippen molar-refractivity contribution in [2.75, 3.05) is 7.11 Å². The topological polar surface area (TPSA) is 52.1 Å². The summed E-state index contributed by atoms with van der Waals surface area (Å²) in [6.07, 6.45) is 2.70. The zero-order valence-corrected chi connectivity index (χ0v) is 10.1. The summed E-state index contributed by atoms with van der Waals surface area (Å²) in [5.74, 6) is 0.885. The highest BCUT2D eigenvalue weighted by atomic mass is 16.5. The van der Waals surface area contributed by atoms with Crippen molar-refractivity contribution in [1.82, 2.24) is 10.2 Å². The van der Waals surface area contributed by atoms with E-state index in [0.29, 0.717) is 23.9 Å². The average molecular weight is 222 g/mol. The Morgan fingerprint density at radius 1 is 1.44 bits per heavy atom. The summed E-state index contributed by atoms with van der Waals surface area (Å²) in [6.45, 7) is 4.20. The zero-order valence-electron chi connectivity index (χ0n) is 10.1. The molecule has 1 aromatic rings. The number of ketones is 1. The SMILES string of the molecule is CCCC(C)CC(=O)c1ccc(OC)nn1. The molecule has 4 heteroatoms. The number of ether oxygens (including phenoxy) is 1. The van der Waals surface area contributed by atoms with E-state index in [0.717, 1.165) is 12.8 Å². The first kappa shape index (κ1) is 12.6. The van der Waals surface area contributed by atoms with E-state index < -0.39 is 0 Å². The first-order valence-electron chi connectivity index (χ1n) is 5.58. The van der Waals surface area contributed by atoms with Crippen LogP contribution in [-0.2, 0) is 0 Å². The molecule has 1 rings (SSSR count). The third kappa shape index (κ3) is 3.61. The first-order chi connectivity index (χ1) is 7.67. The molecule has 0 aromatic carbocycles. The molecule has 1 atom stereocenters. The van der Waals surface area contributed by atoms with E-state index in [4.69, 9.17) is 4.74 Å². The molecular weight excluding hydrogens is 204 g/mol. The second-order valence-electron chi connectivity index (χ2n) is 3.98. The van der Waals surface area contributed by atoms with Gasteiger partial charge in [0.1, 0.15) is 5.69 Å². The van der Waals surface area contributed by atoms with E-state index >= 15 is 0 Å². The Labute approximate surface area is 96.0 Å². The Morgan fingerprint density at radius 3 is 2.69 bits per heavy atom. The molecule has 0 aliphatic carbocycles. The van der Waals surface area contributed by atoms with Crippen LogP contribution in [0, 0.1) is 5.92 Å². The lowest BCUT2D eigenvalue weighted by Gasteiger charge is -2.07. The zero-order chi connectivity index (χ0) is 12.0. The third-order valence-corrected chi connectivity index (χ3v) is 2.45. The van der Waals surface area contributed by atoms with Crippen molar-refractivity contribution in [2.24, 2.45) is 5.92 Å². The first-order valence-corrected chi connectivity index (χ1v) is 5.58. The predicted octanol–water partition coefficient (Wildman–Crippen LogP) is 2.49. The van der Waals surface area contributed by atoms with Crippen LogP contribution in [0.1, 0.15) is 43.6 Å². The van der Waals surface area contributed by atoms with E-state index in [1.807, 2.05) is 0 Å². The summed E-state index contributed by atoms with van der Waals surface area (Å²) < 4.78 is 4.88. The molecule has 1 aromatic heterocycles. The molecule has 0 radical (unpaired) electrons. The van der Waals surface area contributed by atoms with Gasteiger partial charge in [0.15, 0.2) is 5.78 Å². The lowest BCUT2D eigenvalue weighted by Crippen LogP contribution is -2.08. The van der Waals surface area contributed by atoms with Gasteiger partial charge in [-0.3, -0.25) is 4.79 Å². The summed E-state index contributed by atoms with van der Waals surface area (Å²) in [6, 6.07) is 3.32. The molecule has 0 saturated heterocycles. The maximum Gasteiger partial charge on any atom is 0.233 e. The Hall–Kier alpha value is -1.45. The minimum absolute atomic E-state index is 0.0519. The maximum atomic E-state index is 11.8. The van der Waals surface area contributed by atoms with Gasteiger partial charge >= 0.3 is 0 Å². The summed E-state index contributed by atoms with van der Waals surface area (Å²) in [5, 5.41) is 7.62. The smallest absolute Gasteiger partial charge is 0.233 e. The molecule has 0 N–H and O–H groups in total. The van der Waals surface area contributed by atoms with Gasteiger partial charge < -0.3 is 4.74 Å². The fraction of sp³-hybridized carbons (Fsp3) is 0.583. The fourth-order valence-corrected chi connectivity index (χ4v) is 1.59. The van der Waals surface area contributed by atoms with Crippen LogP contribution in [0.15, 0.2) is 12.1 Å². The van der Waals surface area contributed by atoms with Gasteiger partial charge in [0.25, 0.3) is 0 Å². The number of hydrogen-bond donors (Lipinski definition) is 0. The summed E-state index contributed by atoms with van der Waals surface area (Å²) in [7, 11) is 1.52. The van der Waals surface area contributed by atoms with Crippen molar-refractivity contribution in [3.05, 3.63) is 17.8 Å². The van der Waals surface area contributed by atoms with Gasteiger partial charge in [0, 0.05) is 12.5 Å². The highest BCUT2D eigenvalue weighted by Gasteiger charge is 2.12. The number of carbonyl (C=O) groups excluding carboxylic acids is 1. The Morgan fingerprint density at radius 2 is 2.19 bits per heavy atom. The summed E-state index contributed by atoms with van der Waals surface area (Å²) in [4.78, 5) is 11.8. The molecule has 0 aliphatic rings. The van der Waals surface area contributed by atoms with Crippen molar-refractivity contribution in [1.29, 1.82) is 0 Å². The highest BCUT2D eigenvalue weighted by molar-refractivity contribution is 5.94. The second kappa shape index (κ2) is 6.20. The summed E-state index contributed by atoms with van der Waals surface area (Å²) >= 11 is 0. The van der Waals surface area contributed by atoms with E-state index in [2.05, 4.69) is 24.0 Å². The minimum Gasteiger partial charge on any atom is -0.480 e. The van der Waals surface area contributed by atoms with Crippen molar-refractivity contribution in [2.45, 2.75) is 33.1 Å². The molecule has 0 fully saturated rings. The number of Topliss-reactive ketones (excluding diaryl/α,β-unsaturated/α-hetero) is 1. The van der Waals surface area contributed by atoms with Gasteiger partial charge in [0.05, 0.1) is 7.11 Å². The summed E-state index contributed by atoms with van der Waals surface area (Å²) in [5.41, 5.74) is 0.420. The molecule has 0 saturated carbocycles. The van der Waals surface area contributed by atoms with Gasteiger partial charge in [0.2, 0.25) is 5.88 Å². The van der Waals surface area contributed by atoms with Crippen molar-refractivity contribution in [3.63, 3.8) is 0 Å². The Kier molecular flexibility index (Phi) is 4.89. The highest BCUT2D eigenvalue weighted by Crippen LogP contribution is 2.13. The molecule has 0 bridgehead atoms. The van der Waals surface area contributed by atoms with Gasteiger partial charge in [-0.25, -0.2) is 0 Å². The standard InChI is InChI=1S/C12H18N2O2/c1-4-5-9(2)8-11(15)10-6-7-12(16-3)14-13-10/h6-7,9H,4-5,8H2,1-3H3. The van der Waals surface area contributed by atoms with Crippen LogP contribution in [-0.4, -0.2) is 23.1 Å². The molecule has 0 spiro atoms. The second-order valence-corrected chi connectivity index (χ2v) is 3.98. The van der Waals surface area contributed by atoms with Crippen LogP contribution in [0.4, 0.5) is 0 Å².